The number of halogens is 2. The van der Waals surface area contributed by atoms with Crippen molar-refractivity contribution in [1.29, 1.82) is 0 Å². The third kappa shape index (κ3) is 5.30. The van der Waals surface area contributed by atoms with Crippen LogP contribution in [-0.4, -0.2) is 25.2 Å². The number of rotatable bonds is 5. The Morgan fingerprint density at radius 1 is 1.24 bits per heavy atom. The van der Waals surface area contributed by atoms with Gasteiger partial charge in [0.05, 0.1) is 17.0 Å². The van der Waals surface area contributed by atoms with Crippen LogP contribution in [0, 0.1) is 17.0 Å². The van der Waals surface area contributed by atoms with Gasteiger partial charge in [0.15, 0.2) is 0 Å². The average molecular weight is 321 g/mol. The highest BCUT2D eigenvalue weighted by Gasteiger charge is 2.21. The molecular formula is C13H17F2NO4S. The van der Waals surface area contributed by atoms with Gasteiger partial charge in [0, 0.05) is 6.07 Å². The number of sulfonamides is 1. The van der Waals surface area contributed by atoms with Crippen molar-refractivity contribution in [3.8, 4) is 0 Å². The zero-order valence-electron chi connectivity index (χ0n) is 11.9. The van der Waals surface area contributed by atoms with E-state index >= 15 is 0 Å². The SMILES string of the molecule is CC(C)(C)CCS(=O)(=O)Nc1cc(C(=O)O)c(F)cc1F. The first kappa shape index (κ1) is 17.4. The maximum atomic E-state index is 13.5. The average Bonchev–Trinajstić information content (AvgIpc) is 2.29. The molecule has 118 valence electrons. The zero-order valence-corrected chi connectivity index (χ0v) is 12.7. The van der Waals surface area contributed by atoms with Crippen molar-refractivity contribution in [2.75, 3.05) is 10.5 Å². The molecule has 0 bridgehead atoms. The predicted octanol–water partition coefficient (Wildman–Crippen LogP) is 2.84. The first-order valence-electron chi connectivity index (χ1n) is 6.14. The Kier molecular flexibility index (Phi) is 4.93. The van der Waals surface area contributed by atoms with Gasteiger partial charge in [-0.1, -0.05) is 20.8 Å². The molecule has 0 fully saturated rings. The van der Waals surface area contributed by atoms with Crippen LogP contribution in [0.5, 0.6) is 0 Å². The lowest BCUT2D eigenvalue weighted by atomic mass is 9.94. The minimum Gasteiger partial charge on any atom is -0.478 e. The van der Waals surface area contributed by atoms with E-state index in [0.717, 1.165) is 0 Å². The molecule has 2 N–H and O–H groups in total. The molecule has 1 aromatic rings. The smallest absolute Gasteiger partial charge is 0.338 e. The molecule has 0 amide bonds. The molecular weight excluding hydrogens is 304 g/mol. The number of anilines is 1. The third-order valence-corrected chi connectivity index (χ3v) is 3.95. The third-order valence-electron chi connectivity index (χ3n) is 2.67. The first-order chi connectivity index (χ1) is 9.41. The lowest BCUT2D eigenvalue weighted by molar-refractivity contribution is 0.0692. The van der Waals surface area contributed by atoms with Crippen LogP contribution < -0.4 is 4.72 Å². The van der Waals surface area contributed by atoms with Crippen LogP contribution >= 0.6 is 0 Å². The van der Waals surface area contributed by atoms with Gasteiger partial charge in [-0.25, -0.2) is 22.0 Å². The Hall–Kier alpha value is -1.70. The van der Waals surface area contributed by atoms with Crippen LogP contribution in [0.4, 0.5) is 14.5 Å². The highest BCUT2D eigenvalue weighted by Crippen LogP contribution is 2.23. The summed E-state index contributed by atoms with van der Waals surface area (Å²) in [5, 5.41) is 8.75. The monoisotopic (exact) mass is 321 g/mol. The summed E-state index contributed by atoms with van der Waals surface area (Å²) in [5.74, 6) is -4.30. The van der Waals surface area contributed by atoms with Gasteiger partial charge in [-0.2, -0.15) is 0 Å². The largest absolute Gasteiger partial charge is 0.478 e. The summed E-state index contributed by atoms with van der Waals surface area (Å²) >= 11 is 0. The van der Waals surface area contributed by atoms with E-state index < -0.39 is 38.9 Å². The molecule has 0 radical (unpaired) electrons. The number of nitrogens with one attached hydrogen (secondary N) is 1. The van der Waals surface area contributed by atoms with Crippen molar-refractivity contribution in [2.24, 2.45) is 5.41 Å². The van der Waals surface area contributed by atoms with E-state index in [1.165, 1.54) is 0 Å². The number of hydrogen-bond acceptors (Lipinski definition) is 3. The Morgan fingerprint density at radius 3 is 2.29 bits per heavy atom. The number of carboxylic acids is 1. The van der Waals surface area contributed by atoms with Gasteiger partial charge in [0.2, 0.25) is 10.0 Å². The van der Waals surface area contributed by atoms with Crippen molar-refractivity contribution in [2.45, 2.75) is 27.2 Å². The second-order valence-electron chi connectivity index (χ2n) is 5.85. The molecule has 0 aliphatic heterocycles. The topological polar surface area (TPSA) is 83.5 Å². The molecule has 0 aromatic heterocycles. The van der Waals surface area contributed by atoms with Crippen molar-refractivity contribution in [3.63, 3.8) is 0 Å². The minimum absolute atomic E-state index is 0.234. The van der Waals surface area contributed by atoms with Crippen LogP contribution in [-0.2, 0) is 10.0 Å². The number of benzene rings is 1. The summed E-state index contributed by atoms with van der Waals surface area (Å²) in [6, 6.07) is 0.965. The van der Waals surface area contributed by atoms with Gasteiger partial charge in [0.1, 0.15) is 11.6 Å². The maximum absolute atomic E-state index is 13.5. The fourth-order valence-electron chi connectivity index (χ4n) is 1.45. The van der Waals surface area contributed by atoms with Crippen LogP contribution in [0.15, 0.2) is 12.1 Å². The number of hydrogen-bond donors (Lipinski definition) is 2. The molecule has 0 spiro atoms. The van der Waals surface area contributed by atoms with Gasteiger partial charge in [-0.05, 0) is 17.9 Å². The van der Waals surface area contributed by atoms with Crippen molar-refractivity contribution in [1.82, 2.24) is 0 Å². The molecule has 0 atom stereocenters. The number of carbonyl (C=O) groups is 1. The molecule has 8 heteroatoms. The predicted molar refractivity (Wildman–Crippen MR) is 74.8 cm³/mol. The van der Waals surface area contributed by atoms with E-state index in [9.17, 15) is 22.0 Å². The number of carboxylic acid groups (broad SMARTS) is 1. The van der Waals surface area contributed by atoms with Crippen LogP contribution in [0.3, 0.4) is 0 Å². The molecule has 0 heterocycles. The standard InChI is InChI=1S/C13H17F2NO4S/c1-13(2,3)4-5-21(19,20)16-11-6-8(12(17)18)9(14)7-10(11)15/h6-7,16H,4-5H2,1-3H3,(H,17,18). The van der Waals surface area contributed by atoms with E-state index in [0.29, 0.717) is 18.6 Å². The normalized spacial score (nSPS) is 12.2. The molecule has 21 heavy (non-hydrogen) atoms. The van der Waals surface area contributed by atoms with E-state index in [4.69, 9.17) is 5.11 Å². The lowest BCUT2D eigenvalue weighted by Gasteiger charge is -2.18. The van der Waals surface area contributed by atoms with Gasteiger partial charge in [-0.15, -0.1) is 0 Å². The highest BCUT2D eigenvalue weighted by atomic mass is 32.2. The van der Waals surface area contributed by atoms with Gasteiger partial charge in [0.25, 0.3) is 0 Å². The molecule has 5 nitrogen and oxygen atoms in total. The van der Waals surface area contributed by atoms with Crippen molar-refractivity contribution in [3.05, 3.63) is 29.3 Å². The Bertz CT molecular complexity index is 651. The fraction of sp³-hybridized carbons (Fsp3) is 0.462. The van der Waals surface area contributed by atoms with E-state index in [1.54, 1.807) is 0 Å². The Morgan fingerprint density at radius 2 is 1.81 bits per heavy atom. The van der Waals surface area contributed by atoms with Crippen molar-refractivity contribution < 1.29 is 27.1 Å². The van der Waals surface area contributed by atoms with E-state index in [-0.39, 0.29) is 11.2 Å². The summed E-state index contributed by atoms with van der Waals surface area (Å²) in [4.78, 5) is 10.8. The number of aromatic carboxylic acids is 1. The molecule has 0 aliphatic carbocycles. The van der Waals surface area contributed by atoms with Gasteiger partial charge >= 0.3 is 5.97 Å². The van der Waals surface area contributed by atoms with E-state index in [1.807, 2.05) is 25.5 Å². The summed E-state index contributed by atoms with van der Waals surface area (Å²) in [6.07, 6.45) is 0.330. The molecule has 0 saturated carbocycles. The molecule has 0 unspecified atom stereocenters. The highest BCUT2D eigenvalue weighted by molar-refractivity contribution is 7.92. The summed E-state index contributed by atoms with van der Waals surface area (Å²) in [5.41, 5.74) is -1.62. The fourth-order valence-corrected chi connectivity index (χ4v) is 2.92. The second-order valence-corrected chi connectivity index (χ2v) is 7.69. The molecule has 1 rings (SSSR count). The van der Waals surface area contributed by atoms with Crippen molar-refractivity contribution >= 4 is 21.7 Å². The molecule has 0 saturated heterocycles. The summed E-state index contributed by atoms with van der Waals surface area (Å²) in [6.45, 7) is 5.55. The van der Waals surface area contributed by atoms with Crippen LogP contribution in [0.2, 0.25) is 0 Å². The summed E-state index contributed by atoms with van der Waals surface area (Å²) < 4.78 is 52.4. The van der Waals surface area contributed by atoms with E-state index in [2.05, 4.69) is 0 Å². The summed E-state index contributed by atoms with van der Waals surface area (Å²) in [7, 11) is -3.85. The van der Waals surface area contributed by atoms with Crippen LogP contribution in [0.25, 0.3) is 0 Å². The Labute approximate surface area is 122 Å². The molecule has 1 aromatic carbocycles. The second kappa shape index (κ2) is 5.97. The van der Waals surface area contributed by atoms with Crippen LogP contribution in [0.1, 0.15) is 37.6 Å². The molecule has 0 aliphatic rings. The maximum Gasteiger partial charge on any atom is 0.338 e. The van der Waals surface area contributed by atoms with Gasteiger partial charge < -0.3 is 5.11 Å². The van der Waals surface area contributed by atoms with Gasteiger partial charge in [-0.3, -0.25) is 4.72 Å². The quantitative estimate of drug-likeness (QED) is 0.873. The lowest BCUT2D eigenvalue weighted by Crippen LogP contribution is -2.21. The Balaban J connectivity index is 3.02. The minimum atomic E-state index is -3.85. The first-order valence-corrected chi connectivity index (χ1v) is 7.79. The zero-order chi connectivity index (χ0) is 16.4.